The Hall–Kier alpha value is -6.26. The molecule has 13 rings (SSSR count). The van der Waals surface area contributed by atoms with Crippen molar-refractivity contribution in [1.29, 1.82) is 0 Å². The molecule has 0 N–H and O–H groups in total. The zero-order valence-electron chi connectivity index (χ0n) is 31.3. The van der Waals surface area contributed by atoms with Gasteiger partial charge in [-0.25, -0.2) is 9.97 Å². The van der Waals surface area contributed by atoms with E-state index in [1.54, 1.807) is 0 Å². The van der Waals surface area contributed by atoms with Crippen LogP contribution in [0.15, 0.2) is 144 Å². The normalized spacial score (nSPS) is 21.6. The molecule has 2 fully saturated rings. The number of furan rings is 1. The van der Waals surface area contributed by atoms with Crippen molar-refractivity contribution in [2.24, 2.45) is 17.8 Å². The van der Waals surface area contributed by atoms with Crippen molar-refractivity contribution >= 4 is 65.4 Å². The maximum absolute atomic E-state index is 6.68. The van der Waals surface area contributed by atoms with E-state index in [4.69, 9.17) is 14.4 Å². The van der Waals surface area contributed by atoms with Crippen LogP contribution in [0.1, 0.15) is 50.2 Å². The van der Waals surface area contributed by atoms with Crippen LogP contribution in [0.4, 0.5) is 0 Å². The van der Waals surface area contributed by atoms with Crippen molar-refractivity contribution in [3.05, 3.63) is 151 Å². The molecule has 3 heterocycles. The molecule has 1 spiro atoms. The van der Waals surface area contributed by atoms with Gasteiger partial charge in [0.2, 0.25) is 5.95 Å². The summed E-state index contributed by atoms with van der Waals surface area (Å²) in [4.78, 5) is 11.2. The molecule has 10 aromatic rings. The van der Waals surface area contributed by atoms with Crippen LogP contribution in [0.25, 0.3) is 93.8 Å². The predicted octanol–water partition coefficient (Wildman–Crippen LogP) is 13.6. The van der Waals surface area contributed by atoms with E-state index in [9.17, 15) is 0 Å². The number of hydrogen-bond acceptors (Lipinski definition) is 3. The number of hydrogen-bond donors (Lipinski definition) is 0. The monoisotopic (exact) mass is 721 g/mol. The maximum atomic E-state index is 6.68. The van der Waals surface area contributed by atoms with Crippen LogP contribution in [0, 0.1) is 17.8 Å². The molecule has 268 valence electrons. The van der Waals surface area contributed by atoms with Gasteiger partial charge in [0.25, 0.3) is 0 Å². The summed E-state index contributed by atoms with van der Waals surface area (Å²) in [7, 11) is 0. The average molecular weight is 722 g/mol. The van der Waals surface area contributed by atoms with Gasteiger partial charge in [-0.3, -0.25) is 4.57 Å². The highest BCUT2D eigenvalue weighted by Crippen LogP contribution is 2.64. The summed E-state index contributed by atoms with van der Waals surface area (Å²) in [5.74, 6) is 2.80. The molecule has 4 heteroatoms. The number of aromatic nitrogens is 3. The minimum absolute atomic E-state index is 0.0772. The van der Waals surface area contributed by atoms with E-state index in [-0.39, 0.29) is 5.41 Å². The quantitative estimate of drug-likeness (QED) is 0.178. The van der Waals surface area contributed by atoms with Crippen LogP contribution in [-0.2, 0) is 5.41 Å². The van der Waals surface area contributed by atoms with Gasteiger partial charge in [-0.2, -0.15) is 0 Å². The number of fused-ring (bicyclic) bond motifs is 18. The first-order chi connectivity index (χ1) is 27.6. The number of para-hydroxylation sites is 1. The molecule has 7 aromatic carbocycles. The highest BCUT2D eigenvalue weighted by Gasteiger charge is 2.54. The molecule has 4 unspecified atom stereocenters. The first-order valence-corrected chi connectivity index (χ1v) is 20.4. The minimum Gasteiger partial charge on any atom is -0.452 e. The summed E-state index contributed by atoms with van der Waals surface area (Å²) in [5.41, 5.74) is 12.3. The lowest BCUT2D eigenvalue weighted by molar-refractivity contribution is 0.0861. The summed E-state index contributed by atoms with van der Waals surface area (Å²) in [6, 6.07) is 51.1. The molecule has 3 aliphatic rings. The Morgan fingerprint density at radius 2 is 1.45 bits per heavy atom. The topological polar surface area (TPSA) is 43.9 Å². The van der Waals surface area contributed by atoms with E-state index >= 15 is 0 Å². The third-order valence-corrected chi connectivity index (χ3v) is 14.1. The van der Waals surface area contributed by atoms with E-state index in [2.05, 4.69) is 139 Å². The standard InChI is InChI=1S/C52H39N3O/c1-30-26-31-24-25-52(36(27-30)28-31)42-16-8-6-14-38(42)39-21-22-41-45-37-13-5-4-11-33(37)20-23-43(45)55(49(41)46(39)52)51-53-47(35-19-18-32-10-2-3-12-34(32)29-35)50-48(54-51)40-15-7-9-17-44(40)56-50/h2-23,29-31,36H,24-28H2,1H3. The molecule has 56 heavy (non-hydrogen) atoms. The van der Waals surface area contributed by atoms with Crippen LogP contribution in [-0.4, -0.2) is 14.5 Å². The van der Waals surface area contributed by atoms with Gasteiger partial charge >= 0.3 is 0 Å². The van der Waals surface area contributed by atoms with Crippen LogP contribution < -0.4 is 0 Å². The van der Waals surface area contributed by atoms with Crippen LogP contribution in [0.3, 0.4) is 0 Å². The van der Waals surface area contributed by atoms with Crippen molar-refractivity contribution < 1.29 is 4.42 Å². The Morgan fingerprint density at radius 3 is 2.38 bits per heavy atom. The van der Waals surface area contributed by atoms with Gasteiger partial charge in [0.1, 0.15) is 16.8 Å². The van der Waals surface area contributed by atoms with Crippen molar-refractivity contribution in [2.75, 3.05) is 0 Å². The fourth-order valence-electron chi connectivity index (χ4n) is 11.9. The first kappa shape index (κ1) is 31.0. The van der Waals surface area contributed by atoms with Crippen LogP contribution in [0.2, 0.25) is 0 Å². The molecule has 3 aromatic heterocycles. The van der Waals surface area contributed by atoms with E-state index in [1.807, 2.05) is 12.1 Å². The Bertz CT molecular complexity index is 3290. The van der Waals surface area contributed by atoms with Crippen molar-refractivity contribution in [1.82, 2.24) is 14.5 Å². The van der Waals surface area contributed by atoms with E-state index in [1.165, 1.54) is 92.2 Å². The van der Waals surface area contributed by atoms with Gasteiger partial charge < -0.3 is 4.42 Å². The zero-order chi connectivity index (χ0) is 36.7. The summed E-state index contributed by atoms with van der Waals surface area (Å²) in [6.45, 7) is 2.50. The molecule has 2 bridgehead atoms. The zero-order valence-corrected chi connectivity index (χ0v) is 31.3. The maximum Gasteiger partial charge on any atom is 0.236 e. The first-order valence-electron chi connectivity index (χ1n) is 20.4. The predicted molar refractivity (Wildman–Crippen MR) is 230 cm³/mol. The fourth-order valence-corrected chi connectivity index (χ4v) is 11.9. The molecule has 4 atom stereocenters. The average Bonchev–Trinajstić information content (AvgIpc) is 3.88. The molecule has 0 aliphatic heterocycles. The molecule has 4 nitrogen and oxygen atoms in total. The lowest BCUT2D eigenvalue weighted by Gasteiger charge is -2.50. The van der Waals surface area contributed by atoms with Gasteiger partial charge in [-0.1, -0.05) is 122 Å². The van der Waals surface area contributed by atoms with E-state index < -0.39 is 0 Å². The Labute approximate surface area is 324 Å². The smallest absolute Gasteiger partial charge is 0.236 e. The Kier molecular flexibility index (Phi) is 6.18. The second-order valence-electron chi connectivity index (χ2n) is 17.0. The second kappa shape index (κ2) is 11.2. The number of benzene rings is 7. The van der Waals surface area contributed by atoms with Crippen LogP contribution >= 0.6 is 0 Å². The molecule has 0 saturated heterocycles. The summed E-state index contributed by atoms with van der Waals surface area (Å²) >= 11 is 0. The van der Waals surface area contributed by atoms with Crippen molar-refractivity contribution in [3.63, 3.8) is 0 Å². The molecular weight excluding hydrogens is 683 g/mol. The Balaban J connectivity index is 1.21. The molecule has 0 radical (unpaired) electrons. The number of nitrogens with zero attached hydrogens (tertiary/aromatic N) is 3. The van der Waals surface area contributed by atoms with Gasteiger partial charge in [0, 0.05) is 27.1 Å². The molecule has 0 amide bonds. The highest BCUT2D eigenvalue weighted by molar-refractivity contribution is 6.23. The van der Waals surface area contributed by atoms with E-state index in [0.717, 1.165) is 50.7 Å². The molecule has 2 saturated carbocycles. The van der Waals surface area contributed by atoms with Crippen LogP contribution in [0.5, 0.6) is 0 Å². The lowest BCUT2D eigenvalue weighted by atomic mass is 9.53. The lowest BCUT2D eigenvalue weighted by Crippen LogP contribution is -2.44. The van der Waals surface area contributed by atoms with Gasteiger partial charge in [-0.15, -0.1) is 0 Å². The minimum atomic E-state index is -0.0772. The second-order valence-corrected chi connectivity index (χ2v) is 17.0. The Morgan fingerprint density at radius 1 is 0.661 bits per heavy atom. The van der Waals surface area contributed by atoms with Crippen molar-refractivity contribution in [2.45, 2.75) is 44.4 Å². The third-order valence-electron chi connectivity index (χ3n) is 14.1. The summed E-state index contributed by atoms with van der Waals surface area (Å²) < 4.78 is 9.13. The van der Waals surface area contributed by atoms with E-state index in [0.29, 0.717) is 11.9 Å². The summed E-state index contributed by atoms with van der Waals surface area (Å²) in [6.07, 6.45) is 6.37. The number of rotatable bonds is 2. The SMILES string of the molecule is CC1CC2CCC3(c4ccccc4-c4ccc5c6c7ccccc7ccc6n(-c6nc(-c7ccc8ccccc8c7)c7oc8ccccc8c7n6)c5c43)C(C1)C2. The van der Waals surface area contributed by atoms with Crippen molar-refractivity contribution in [3.8, 4) is 28.3 Å². The molecular formula is C52H39N3O. The largest absolute Gasteiger partial charge is 0.452 e. The fraction of sp³-hybridized carbons (Fsp3) is 0.192. The summed E-state index contributed by atoms with van der Waals surface area (Å²) in [5, 5.41) is 8.43. The third kappa shape index (κ3) is 4.04. The van der Waals surface area contributed by atoms with Gasteiger partial charge in [0.05, 0.1) is 11.0 Å². The van der Waals surface area contributed by atoms with Gasteiger partial charge in [-0.05, 0) is 118 Å². The highest BCUT2D eigenvalue weighted by atomic mass is 16.3. The van der Waals surface area contributed by atoms with Gasteiger partial charge in [0.15, 0.2) is 5.58 Å². The molecule has 3 aliphatic carbocycles.